The summed E-state index contributed by atoms with van der Waals surface area (Å²) in [4.78, 5) is 77.2. The fourth-order valence-corrected chi connectivity index (χ4v) is 6.40. The Bertz CT molecular complexity index is 2670. The topological polar surface area (TPSA) is 241 Å². The second-order valence-corrected chi connectivity index (χ2v) is 14.1. The van der Waals surface area contributed by atoms with E-state index in [0.29, 0.717) is 16.7 Å². The molecule has 5 aromatic carbocycles. The zero-order valence-corrected chi connectivity index (χ0v) is 34.4. The predicted octanol–water partition coefficient (Wildman–Crippen LogP) is 7.80. The molecule has 63 heavy (non-hydrogen) atoms. The van der Waals surface area contributed by atoms with E-state index >= 15 is 0 Å². The van der Waals surface area contributed by atoms with E-state index in [1.54, 1.807) is 50.2 Å². The average Bonchev–Trinajstić information content (AvgIpc) is 3.26. The molecule has 16 heteroatoms. The van der Waals surface area contributed by atoms with Crippen molar-refractivity contribution in [1.82, 2.24) is 0 Å². The Morgan fingerprint density at radius 1 is 0.683 bits per heavy atom. The quantitative estimate of drug-likeness (QED) is 0.0388. The highest BCUT2D eigenvalue weighted by atomic mass is 19.1. The van der Waals surface area contributed by atoms with Gasteiger partial charge in [0.2, 0.25) is 5.91 Å². The van der Waals surface area contributed by atoms with Crippen LogP contribution in [-0.4, -0.2) is 64.8 Å². The number of benzene rings is 5. The number of anilines is 3. The predicted molar refractivity (Wildman–Crippen MR) is 230 cm³/mol. The van der Waals surface area contributed by atoms with Gasteiger partial charge in [-0.15, -0.1) is 0 Å². The molecule has 0 saturated carbocycles. The lowest BCUT2D eigenvalue weighted by molar-refractivity contribution is -0.119. The first-order chi connectivity index (χ1) is 30.1. The number of carbonyl (C=O) groups excluding carboxylic acids is 5. The molecule has 0 unspecified atom stereocenters. The van der Waals surface area contributed by atoms with Crippen LogP contribution in [0.1, 0.15) is 79.2 Å². The number of Topliss-reactive ketones (excluding diaryl/α,β-unsaturated/α-hetero) is 2. The zero-order valence-electron chi connectivity index (χ0n) is 34.4. The van der Waals surface area contributed by atoms with E-state index in [4.69, 9.17) is 9.47 Å². The maximum absolute atomic E-state index is 13.3. The van der Waals surface area contributed by atoms with E-state index in [2.05, 4.69) is 16.0 Å². The van der Waals surface area contributed by atoms with Crippen LogP contribution in [0.15, 0.2) is 103 Å². The molecule has 5 rings (SSSR count). The Balaban J connectivity index is 1.19. The number of methoxy groups -OCH3 is 2. The van der Waals surface area contributed by atoms with Gasteiger partial charge in [0, 0.05) is 36.1 Å². The molecule has 5 aromatic rings. The van der Waals surface area contributed by atoms with Crippen LogP contribution in [0.5, 0.6) is 23.0 Å². The minimum Gasteiger partial charge on any atom is -0.504 e. The molecule has 0 heterocycles. The van der Waals surface area contributed by atoms with E-state index < -0.39 is 46.7 Å². The second kappa shape index (κ2) is 20.3. The molecule has 322 valence electrons. The van der Waals surface area contributed by atoms with E-state index in [1.165, 1.54) is 61.7 Å². The summed E-state index contributed by atoms with van der Waals surface area (Å²) in [6.45, 7) is 3.49. The van der Waals surface area contributed by atoms with Crippen LogP contribution in [0, 0.1) is 23.1 Å². The van der Waals surface area contributed by atoms with Gasteiger partial charge < -0.3 is 40.7 Å². The molecule has 6 N–H and O–H groups in total. The maximum atomic E-state index is 13.3. The van der Waals surface area contributed by atoms with Crippen LogP contribution in [-0.2, 0) is 16.0 Å². The van der Waals surface area contributed by atoms with Crippen molar-refractivity contribution in [3.63, 3.8) is 0 Å². The van der Waals surface area contributed by atoms with Crippen molar-refractivity contribution < 1.29 is 58.0 Å². The smallest absolute Gasteiger partial charge is 0.339 e. The number of aromatic hydroxyl groups is 2. The van der Waals surface area contributed by atoms with Gasteiger partial charge in [0.15, 0.2) is 34.6 Å². The third-order valence-electron chi connectivity index (χ3n) is 10.1. The number of amides is 3. The highest BCUT2D eigenvalue weighted by molar-refractivity contribution is 6.10. The number of allylic oxidation sites excluding steroid dienone is 2. The van der Waals surface area contributed by atoms with Crippen molar-refractivity contribution in [2.75, 3.05) is 30.2 Å². The van der Waals surface area contributed by atoms with Crippen LogP contribution < -0.4 is 25.4 Å². The van der Waals surface area contributed by atoms with Crippen LogP contribution >= 0.6 is 0 Å². The van der Waals surface area contributed by atoms with Gasteiger partial charge in [-0.3, -0.25) is 24.0 Å². The highest BCUT2D eigenvalue weighted by Crippen LogP contribution is 2.40. The molecule has 3 amide bonds. The molecular weight excluding hydrogens is 816 g/mol. The van der Waals surface area contributed by atoms with Crippen LogP contribution in [0.25, 0.3) is 5.57 Å². The standard InChI is InChI=1S/C47H41FN4O11/c1-25(28-9-13-32(48)14-10-28)26(2)38(53)23-27-5-7-29(8-6-27)39(54)24-31(21-22-49)45(58)50-33-15-11-30(12-16-33)44(57)51-36-19-17-34(40(55)42(36)62-3)46(59)52-37-20-18-35(47(60)61)41(56)43(37)63-4/h5-20,31,55-56H,21,23-24H2,1-4H3,(H,50,58)(H,51,57)(H,52,59)(H,60,61)/b26-25+/t31-/m1/s1. The Morgan fingerprint density at radius 3 is 1.76 bits per heavy atom. The van der Waals surface area contributed by atoms with E-state index in [0.717, 1.165) is 24.3 Å². The molecule has 0 bridgehead atoms. The molecule has 0 aliphatic rings. The summed E-state index contributed by atoms with van der Waals surface area (Å²) in [5.74, 6) is -7.44. The summed E-state index contributed by atoms with van der Waals surface area (Å²) in [6, 6.07) is 24.6. The summed E-state index contributed by atoms with van der Waals surface area (Å²) in [5, 5.41) is 47.6. The van der Waals surface area contributed by atoms with Gasteiger partial charge in [-0.2, -0.15) is 5.26 Å². The Kier molecular flexibility index (Phi) is 14.7. The molecular formula is C47H41FN4O11. The number of nitriles is 1. The second-order valence-electron chi connectivity index (χ2n) is 14.1. The van der Waals surface area contributed by atoms with Crippen LogP contribution in [0.3, 0.4) is 0 Å². The summed E-state index contributed by atoms with van der Waals surface area (Å²) >= 11 is 0. The molecule has 0 aliphatic heterocycles. The number of carbonyl (C=O) groups is 6. The molecule has 0 saturated heterocycles. The SMILES string of the molecule is COc1c(NC(=O)c2ccc(NC(=O)c3ccc(NC(=O)[C@H](CC#N)CC(=O)c4ccc(CC(=O)/C(C)=C(\C)c5ccc(F)cc5)cc4)cc3)c(OC)c2O)ccc(C(=O)O)c1O. The molecule has 0 aliphatic carbocycles. The lowest BCUT2D eigenvalue weighted by Crippen LogP contribution is -2.25. The largest absolute Gasteiger partial charge is 0.504 e. The first kappa shape index (κ1) is 45.8. The summed E-state index contributed by atoms with van der Waals surface area (Å²) in [5.41, 5.74) is 2.46. The monoisotopic (exact) mass is 856 g/mol. The number of phenols is 2. The number of aromatic carboxylic acids is 1. The number of hydrogen-bond acceptors (Lipinski definition) is 11. The van der Waals surface area contributed by atoms with E-state index in [-0.39, 0.29) is 76.3 Å². The molecule has 15 nitrogen and oxygen atoms in total. The third kappa shape index (κ3) is 10.9. The number of nitrogens with zero attached hydrogens (tertiary/aromatic N) is 1. The van der Waals surface area contributed by atoms with Gasteiger partial charge in [-0.05, 0) is 96.8 Å². The molecule has 0 aromatic heterocycles. The van der Waals surface area contributed by atoms with Crippen molar-refractivity contribution in [2.45, 2.75) is 33.1 Å². The summed E-state index contributed by atoms with van der Waals surface area (Å²) < 4.78 is 23.7. The number of nitrogens with one attached hydrogen (secondary N) is 3. The highest BCUT2D eigenvalue weighted by Gasteiger charge is 2.25. The van der Waals surface area contributed by atoms with Gasteiger partial charge >= 0.3 is 5.97 Å². The number of ether oxygens (including phenoxy) is 2. The number of ketones is 2. The lowest BCUT2D eigenvalue weighted by Gasteiger charge is -2.16. The number of phenolic OH excluding ortho intramolecular Hbond substituents is 1. The fraction of sp³-hybridized carbons (Fsp3) is 0.170. The molecule has 0 fully saturated rings. The number of halogens is 1. The Labute approximate surface area is 360 Å². The van der Waals surface area contributed by atoms with Gasteiger partial charge in [-0.1, -0.05) is 36.4 Å². The summed E-state index contributed by atoms with van der Waals surface area (Å²) in [7, 11) is 2.36. The minimum atomic E-state index is -1.42. The number of rotatable bonds is 17. The van der Waals surface area contributed by atoms with Crippen LogP contribution in [0.4, 0.5) is 21.5 Å². The van der Waals surface area contributed by atoms with Gasteiger partial charge in [-0.25, -0.2) is 9.18 Å². The van der Waals surface area contributed by atoms with Crippen molar-refractivity contribution >= 4 is 57.9 Å². The van der Waals surface area contributed by atoms with Gasteiger partial charge in [0.05, 0.1) is 43.1 Å². The van der Waals surface area contributed by atoms with Crippen molar-refractivity contribution in [3.05, 3.63) is 142 Å². The maximum Gasteiger partial charge on any atom is 0.339 e. The Hall–Kier alpha value is -8.32. The van der Waals surface area contributed by atoms with Crippen molar-refractivity contribution in [1.29, 1.82) is 5.26 Å². The average molecular weight is 857 g/mol. The van der Waals surface area contributed by atoms with Crippen molar-refractivity contribution in [2.24, 2.45) is 5.92 Å². The number of hydrogen-bond donors (Lipinski definition) is 6. The van der Waals surface area contributed by atoms with E-state index in [1.807, 2.05) is 6.07 Å². The first-order valence-corrected chi connectivity index (χ1v) is 19.1. The first-order valence-electron chi connectivity index (χ1n) is 19.1. The van der Waals surface area contributed by atoms with E-state index in [9.17, 15) is 53.7 Å². The minimum absolute atomic E-state index is 0.0111. The fourth-order valence-electron chi connectivity index (χ4n) is 6.40. The summed E-state index contributed by atoms with van der Waals surface area (Å²) in [6.07, 6.45) is -0.453. The lowest BCUT2D eigenvalue weighted by atomic mass is 9.93. The molecule has 0 spiro atoms. The third-order valence-corrected chi connectivity index (χ3v) is 10.1. The van der Waals surface area contributed by atoms with Crippen molar-refractivity contribution in [3.8, 4) is 29.1 Å². The van der Waals surface area contributed by atoms with Crippen LogP contribution in [0.2, 0.25) is 0 Å². The normalized spacial score (nSPS) is 11.6. The Morgan fingerprint density at radius 2 is 1.21 bits per heavy atom. The van der Waals surface area contributed by atoms with Gasteiger partial charge in [0.25, 0.3) is 11.8 Å². The molecule has 0 radical (unpaired) electrons. The molecule has 1 atom stereocenters. The zero-order chi connectivity index (χ0) is 46.0. The number of carboxylic acid groups (broad SMARTS) is 1. The number of carboxylic acids is 1. The van der Waals surface area contributed by atoms with Gasteiger partial charge in [0.1, 0.15) is 11.4 Å².